The van der Waals surface area contributed by atoms with Crippen molar-refractivity contribution in [1.82, 2.24) is 0 Å². The van der Waals surface area contributed by atoms with E-state index in [-0.39, 0.29) is 5.78 Å². The molecule has 0 aliphatic rings. The van der Waals surface area contributed by atoms with Crippen LogP contribution in [0.25, 0.3) is 0 Å². The molecule has 0 atom stereocenters. The molecule has 1 rings (SSSR count). The predicted molar refractivity (Wildman–Crippen MR) is 57.6 cm³/mol. The minimum atomic E-state index is 0.192. The van der Waals surface area contributed by atoms with Gasteiger partial charge < -0.3 is 0 Å². The Morgan fingerprint density at radius 2 is 2.15 bits per heavy atom. The molecule has 0 unspecified atom stereocenters. The van der Waals surface area contributed by atoms with Crippen molar-refractivity contribution < 1.29 is 4.79 Å². The number of carbonyl (C=O) groups excluding carboxylic acids is 1. The Bertz CT molecular complexity index is 310. The van der Waals surface area contributed by atoms with Gasteiger partial charge in [0.1, 0.15) is 0 Å². The average molecular weight is 196 g/mol. The van der Waals surface area contributed by atoms with Gasteiger partial charge in [0.25, 0.3) is 0 Å². The Kier molecular flexibility index (Phi) is 3.26. The molecule has 0 aromatic carbocycles. The summed E-state index contributed by atoms with van der Waals surface area (Å²) in [4.78, 5) is 12.1. The summed E-state index contributed by atoms with van der Waals surface area (Å²) in [5.74, 6) is 0.852. The number of rotatable bonds is 3. The zero-order valence-electron chi connectivity index (χ0n) is 8.68. The summed E-state index contributed by atoms with van der Waals surface area (Å²) >= 11 is 1.58. The number of Topliss-reactive ketones (excluding diaryl/α,β-unsaturated/α-hetero) is 1. The molecule has 0 aliphatic heterocycles. The van der Waals surface area contributed by atoms with E-state index in [1.54, 1.807) is 18.3 Å². The standard InChI is InChI=1S/C11H16OS/c1-7(2)5-10-6-13-11(8(10)3)9(4)12/h6-7H,5H2,1-4H3. The summed E-state index contributed by atoms with van der Waals surface area (Å²) < 4.78 is 0. The molecule has 0 aliphatic carbocycles. The van der Waals surface area contributed by atoms with Gasteiger partial charge in [0, 0.05) is 0 Å². The number of thiophene rings is 1. The second kappa shape index (κ2) is 4.05. The highest BCUT2D eigenvalue weighted by Crippen LogP contribution is 2.24. The van der Waals surface area contributed by atoms with Crippen LogP contribution in [0.15, 0.2) is 5.38 Å². The molecule has 2 heteroatoms. The summed E-state index contributed by atoms with van der Waals surface area (Å²) in [5.41, 5.74) is 2.52. The summed E-state index contributed by atoms with van der Waals surface area (Å²) in [5, 5.41) is 2.12. The lowest BCUT2D eigenvalue weighted by molar-refractivity contribution is 0.102. The van der Waals surface area contributed by atoms with Gasteiger partial charge in [-0.05, 0) is 42.7 Å². The van der Waals surface area contributed by atoms with E-state index in [0.717, 1.165) is 11.3 Å². The first-order valence-corrected chi connectivity index (χ1v) is 5.48. The second-order valence-electron chi connectivity index (χ2n) is 3.87. The first-order valence-electron chi connectivity index (χ1n) is 4.60. The highest BCUT2D eigenvalue weighted by atomic mass is 32.1. The van der Waals surface area contributed by atoms with Crippen molar-refractivity contribution in [2.45, 2.75) is 34.1 Å². The molecule has 13 heavy (non-hydrogen) atoms. The van der Waals surface area contributed by atoms with Crippen molar-refractivity contribution >= 4 is 17.1 Å². The highest BCUT2D eigenvalue weighted by Gasteiger charge is 2.11. The number of carbonyl (C=O) groups is 1. The lowest BCUT2D eigenvalue weighted by Gasteiger charge is -2.03. The average Bonchev–Trinajstić information content (AvgIpc) is 2.32. The molecule has 0 radical (unpaired) electrons. The van der Waals surface area contributed by atoms with Crippen molar-refractivity contribution in [3.63, 3.8) is 0 Å². The molecule has 1 aromatic heterocycles. The molecule has 0 N–H and O–H groups in total. The van der Waals surface area contributed by atoms with Crippen molar-refractivity contribution in [2.75, 3.05) is 0 Å². The summed E-state index contributed by atoms with van der Waals surface area (Å²) in [7, 11) is 0. The van der Waals surface area contributed by atoms with Crippen molar-refractivity contribution in [1.29, 1.82) is 0 Å². The minimum absolute atomic E-state index is 0.192. The Morgan fingerprint density at radius 1 is 1.54 bits per heavy atom. The van der Waals surface area contributed by atoms with E-state index >= 15 is 0 Å². The van der Waals surface area contributed by atoms with Crippen LogP contribution in [0.5, 0.6) is 0 Å². The monoisotopic (exact) mass is 196 g/mol. The third-order valence-corrected chi connectivity index (χ3v) is 3.32. The maximum Gasteiger partial charge on any atom is 0.169 e. The van der Waals surface area contributed by atoms with Crippen LogP contribution in [0.4, 0.5) is 0 Å². The molecular formula is C11H16OS. The van der Waals surface area contributed by atoms with E-state index in [4.69, 9.17) is 0 Å². The summed E-state index contributed by atoms with van der Waals surface area (Å²) in [6.45, 7) is 8.08. The van der Waals surface area contributed by atoms with E-state index < -0.39 is 0 Å². The SMILES string of the molecule is CC(=O)c1scc(CC(C)C)c1C. The Labute approximate surface area is 83.8 Å². The smallest absolute Gasteiger partial charge is 0.169 e. The lowest BCUT2D eigenvalue weighted by atomic mass is 10.0. The maximum absolute atomic E-state index is 11.2. The van der Waals surface area contributed by atoms with Crippen LogP contribution in [0.2, 0.25) is 0 Å². The second-order valence-corrected chi connectivity index (χ2v) is 4.75. The first-order chi connectivity index (χ1) is 6.02. The van der Waals surface area contributed by atoms with Gasteiger partial charge in [0.05, 0.1) is 4.88 Å². The third-order valence-electron chi connectivity index (χ3n) is 2.09. The normalized spacial score (nSPS) is 10.8. The fraction of sp³-hybridized carbons (Fsp3) is 0.545. The van der Waals surface area contributed by atoms with Gasteiger partial charge in [-0.15, -0.1) is 11.3 Å². The van der Waals surface area contributed by atoms with Gasteiger partial charge in [0.15, 0.2) is 5.78 Å². The van der Waals surface area contributed by atoms with Crippen molar-refractivity contribution in [2.24, 2.45) is 5.92 Å². The van der Waals surface area contributed by atoms with Crippen LogP contribution >= 0.6 is 11.3 Å². The van der Waals surface area contributed by atoms with E-state index in [2.05, 4.69) is 19.2 Å². The van der Waals surface area contributed by atoms with Crippen LogP contribution in [-0.4, -0.2) is 5.78 Å². The third kappa shape index (κ3) is 2.41. The number of hydrogen-bond donors (Lipinski definition) is 0. The Morgan fingerprint density at radius 3 is 2.54 bits per heavy atom. The molecule has 1 aromatic rings. The summed E-state index contributed by atoms with van der Waals surface area (Å²) in [6.07, 6.45) is 1.08. The maximum atomic E-state index is 11.2. The van der Waals surface area contributed by atoms with E-state index in [9.17, 15) is 4.79 Å². The molecule has 0 saturated carbocycles. The van der Waals surface area contributed by atoms with Gasteiger partial charge in [-0.3, -0.25) is 4.79 Å². The van der Waals surface area contributed by atoms with Crippen LogP contribution < -0.4 is 0 Å². The van der Waals surface area contributed by atoms with Crippen molar-refractivity contribution in [3.05, 3.63) is 21.4 Å². The van der Waals surface area contributed by atoms with E-state index in [1.165, 1.54) is 11.1 Å². The van der Waals surface area contributed by atoms with Crippen molar-refractivity contribution in [3.8, 4) is 0 Å². The largest absolute Gasteiger partial charge is 0.294 e. The molecule has 1 heterocycles. The molecule has 0 fully saturated rings. The summed E-state index contributed by atoms with van der Waals surface area (Å²) in [6, 6.07) is 0. The Hall–Kier alpha value is -0.630. The number of hydrogen-bond acceptors (Lipinski definition) is 2. The lowest BCUT2D eigenvalue weighted by Crippen LogP contribution is -1.96. The quantitative estimate of drug-likeness (QED) is 0.677. The molecule has 1 nitrogen and oxygen atoms in total. The topological polar surface area (TPSA) is 17.1 Å². The fourth-order valence-electron chi connectivity index (χ4n) is 1.44. The van der Waals surface area contributed by atoms with Crippen LogP contribution in [0.3, 0.4) is 0 Å². The molecule has 0 spiro atoms. The van der Waals surface area contributed by atoms with E-state index in [1.807, 2.05) is 6.92 Å². The number of ketones is 1. The minimum Gasteiger partial charge on any atom is -0.294 e. The van der Waals surface area contributed by atoms with Gasteiger partial charge in [0.2, 0.25) is 0 Å². The molecule has 0 saturated heterocycles. The van der Waals surface area contributed by atoms with Gasteiger partial charge >= 0.3 is 0 Å². The molecular weight excluding hydrogens is 180 g/mol. The zero-order valence-corrected chi connectivity index (χ0v) is 9.49. The van der Waals surface area contributed by atoms with Crippen LogP contribution in [0, 0.1) is 12.8 Å². The highest BCUT2D eigenvalue weighted by molar-refractivity contribution is 7.12. The van der Waals surface area contributed by atoms with Gasteiger partial charge in [-0.1, -0.05) is 13.8 Å². The zero-order chi connectivity index (χ0) is 10.0. The van der Waals surface area contributed by atoms with Crippen LogP contribution in [0.1, 0.15) is 41.6 Å². The Balaban J connectivity index is 2.93. The van der Waals surface area contributed by atoms with E-state index in [0.29, 0.717) is 5.92 Å². The molecule has 0 amide bonds. The predicted octanol–water partition coefficient (Wildman–Crippen LogP) is 3.46. The fourth-order valence-corrected chi connectivity index (χ4v) is 2.45. The van der Waals surface area contributed by atoms with Gasteiger partial charge in [-0.25, -0.2) is 0 Å². The first kappa shape index (κ1) is 10.5. The molecule has 72 valence electrons. The molecule has 0 bridgehead atoms. The van der Waals surface area contributed by atoms with Crippen LogP contribution in [-0.2, 0) is 6.42 Å². The van der Waals surface area contributed by atoms with Gasteiger partial charge in [-0.2, -0.15) is 0 Å².